The third kappa shape index (κ3) is 3.17. The Balaban J connectivity index is 1.68. The predicted molar refractivity (Wildman–Crippen MR) is 77.1 cm³/mol. The van der Waals surface area contributed by atoms with Gasteiger partial charge in [0.2, 0.25) is 0 Å². The van der Waals surface area contributed by atoms with E-state index in [4.69, 9.17) is 0 Å². The Hall–Kier alpha value is -1.31. The lowest BCUT2D eigenvalue weighted by Gasteiger charge is -2.30. The van der Waals surface area contributed by atoms with Gasteiger partial charge in [-0.15, -0.1) is 0 Å². The van der Waals surface area contributed by atoms with Crippen LogP contribution in [0.5, 0.6) is 0 Å². The van der Waals surface area contributed by atoms with E-state index in [9.17, 15) is 4.79 Å². The summed E-state index contributed by atoms with van der Waals surface area (Å²) >= 11 is 0. The molecule has 102 valence electrons. The number of hydrogen-bond acceptors (Lipinski definition) is 1. The quantitative estimate of drug-likeness (QED) is 0.801. The van der Waals surface area contributed by atoms with Crippen molar-refractivity contribution in [2.75, 3.05) is 6.54 Å². The summed E-state index contributed by atoms with van der Waals surface area (Å²) in [6, 6.07) is 10.3. The van der Waals surface area contributed by atoms with Gasteiger partial charge in [-0.05, 0) is 43.7 Å². The summed E-state index contributed by atoms with van der Waals surface area (Å²) < 4.78 is 0. The van der Waals surface area contributed by atoms with Crippen LogP contribution >= 0.6 is 0 Å². The minimum Gasteiger partial charge on any atom is -0.335 e. The van der Waals surface area contributed by atoms with Crippen molar-refractivity contribution >= 4 is 5.91 Å². The van der Waals surface area contributed by atoms with E-state index in [1.165, 1.54) is 44.9 Å². The van der Waals surface area contributed by atoms with Gasteiger partial charge >= 0.3 is 0 Å². The average molecular weight is 257 g/mol. The summed E-state index contributed by atoms with van der Waals surface area (Å²) in [4.78, 5) is 14.8. The van der Waals surface area contributed by atoms with E-state index >= 15 is 0 Å². The minimum atomic E-state index is 0.244. The number of amides is 1. The van der Waals surface area contributed by atoms with Crippen LogP contribution in [0.25, 0.3) is 0 Å². The summed E-state index contributed by atoms with van der Waals surface area (Å²) in [5.41, 5.74) is 0.852. The van der Waals surface area contributed by atoms with Crippen molar-refractivity contribution in [3.8, 4) is 0 Å². The molecular formula is C17H23NO. The van der Waals surface area contributed by atoms with Gasteiger partial charge in [0.25, 0.3) is 5.91 Å². The molecule has 1 aromatic rings. The highest BCUT2D eigenvalue weighted by Crippen LogP contribution is 2.32. The van der Waals surface area contributed by atoms with Crippen molar-refractivity contribution in [1.82, 2.24) is 4.90 Å². The first-order valence-electron chi connectivity index (χ1n) is 7.70. The maximum absolute atomic E-state index is 12.6. The molecule has 2 aliphatic rings. The fraction of sp³-hybridized carbons (Fsp3) is 0.588. The highest BCUT2D eigenvalue weighted by Gasteiger charge is 2.34. The zero-order valence-electron chi connectivity index (χ0n) is 11.6. The summed E-state index contributed by atoms with van der Waals surface area (Å²) in [6.07, 6.45) is 9.10. The van der Waals surface area contributed by atoms with E-state index in [2.05, 4.69) is 4.90 Å². The van der Waals surface area contributed by atoms with Gasteiger partial charge in [-0.2, -0.15) is 0 Å². The Bertz CT molecular complexity index is 418. The Morgan fingerprint density at radius 2 is 1.68 bits per heavy atom. The minimum absolute atomic E-state index is 0.244. The molecule has 0 aliphatic heterocycles. The Morgan fingerprint density at radius 1 is 1.00 bits per heavy atom. The van der Waals surface area contributed by atoms with Crippen LogP contribution in [-0.4, -0.2) is 23.4 Å². The molecule has 0 bridgehead atoms. The molecule has 0 saturated heterocycles. The zero-order valence-corrected chi connectivity index (χ0v) is 11.6. The monoisotopic (exact) mass is 257 g/mol. The first kappa shape index (κ1) is 12.7. The lowest BCUT2D eigenvalue weighted by Crippen LogP contribution is -2.37. The van der Waals surface area contributed by atoms with Gasteiger partial charge in [-0.1, -0.05) is 37.5 Å². The van der Waals surface area contributed by atoms with Crippen molar-refractivity contribution in [1.29, 1.82) is 0 Å². The fourth-order valence-electron chi connectivity index (χ4n) is 3.18. The zero-order chi connectivity index (χ0) is 13.1. The molecule has 2 fully saturated rings. The topological polar surface area (TPSA) is 20.3 Å². The lowest BCUT2D eigenvalue weighted by atomic mass is 9.89. The first-order valence-corrected chi connectivity index (χ1v) is 7.70. The van der Waals surface area contributed by atoms with Crippen LogP contribution in [0.1, 0.15) is 55.3 Å². The molecule has 2 nitrogen and oxygen atoms in total. The maximum atomic E-state index is 12.6. The molecule has 2 aliphatic carbocycles. The third-order valence-corrected chi connectivity index (χ3v) is 4.45. The number of carbonyl (C=O) groups excluding carboxylic acids is 1. The van der Waals surface area contributed by atoms with Gasteiger partial charge in [-0.3, -0.25) is 4.79 Å². The fourth-order valence-corrected chi connectivity index (χ4v) is 3.18. The molecule has 3 rings (SSSR count). The van der Waals surface area contributed by atoms with Crippen LogP contribution < -0.4 is 0 Å². The average Bonchev–Trinajstić information content (AvgIpc) is 3.31. The predicted octanol–water partition coefficient (Wildman–Crippen LogP) is 3.87. The SMILES string of the molecule is O=C(c1ccccc1)N(CC1CCCCC1)C1CC1. The molecule has 1 aromatic carbocycles. The van der Waals surface area contributed by atoms with Gasteiger partial charge in [0.15, 0.2) is 0 Å². The number of carbonyl (C=O) groups is 1. The molecule has 0 atom stereocenters. The van der Waals surface area contributed by atoms with E-state index < -0.39 is 0 Å². The summed E-state index contributed by atoms with van der Waals surface area (Å²) in [5, 5.41) is 0. The smallest absolute Gasteiger partial charge is 0.254 e. The molecule has 1 amide bonds. The molecule has 0 aromatic heterocycles. The van der Waals surface area contributed by atoms with Crippen molar-refractivity contribution in [3.63, 3.8) is 0 Å². The van der Waals surface area contributed by atoms with Crippen molar-refractivity contribution in [2.45, 2.75) is 51.0 Å². The normalized spacial score (nSPS) is 20.2. The molecule has 0 heterocycles. The van der Waals surface area contributed by atoms with Gasteiger partial charge in [0.1, 0.15) is 0 Å². The number of hydrogen-bond donors (Lipinski definition) is 0. The molecule has 0 radical (unpaired) electrons. The van der Waals surface area contributed by atoms with Gasteiger partial charge < -0.3 is 4.90 Å². The number of rotatable bonds is 4. The van der Waals surface area contributed by atoms with Crippen LogP contribution in [-0.2, 0) is 0 Å². The molecule has 0 unspecified atom stereocenters. The summed E-state index contributed by atoms with van der Waals surface area (Å²) in [5.74, 6) is 0.982. The van der Waals surface area contributed by atoms with Crippen LogP contribution in [0.15, 0.2) is 30.3 Å². The lowest BCUT2D eigenvalue weighted by molar-refractivity contribution is 0.0699. The molecule has 2 heteroatoms. The molecule has 2 saturated carbocycles. The van der Waals surface area contributed by atoms with E-state index in [0.29, 0.717) is 6.04 Å². The Kier molecular flexibility index (Phi) is 3.86. The first-order chi connectivity index (χ1) is 9.34. The van der Waals surface area contributed by atoms with Crippen molar-refractivity contribution < 1.29 is 4.79 Å². The van der Waals surface area contributed by atoms with Crippen LogP contribution in [0.3, 0.4) is 0 Å². The van der Waals surface area contributed by atoms with E-state index in [1.54, 1.807) is 0 Å². The maximum Gasteiger partial charge on any atom is 0.254 e. The third-order valence-electron chi connectivity index (χ3n) is 4.45. The number of benzene rings is 1. The van der Waals surface area contributed by atoms with Gasteiger partial charge in [0, 0.05) is 18.2 Å². The van der Waals surface area contributed by atoms with Crippen LogP contribution in [0.4, 0.5) is 0 Å². The van der Waals surface area contributed by atoms with Gasteiger partial charge in [0.05, 0.1) is 0 Å². The number of nitrogens with zero attached hydrogens (tertiary/aromatic N) is 1. The Morgan fingerprint density at radius 3 is 2.32 bits per heavy atom. The largest absolute Gasteiger partial charge is 0.335 e. The highest BCUT2D eigenvalue weighted by molar-refractivity contribution is 5.94. The second kappa shape index (κ2) is 5.77. The second-order valence-corrected chi connectivity index (χ2v) is 6.06. The molecule has 0 spiro atoms. The Labute approximate surface area is 115 Å². The second-order valence-electron chi connectivity index (χ2n) is 6.06. The van der Waals surface area contributed by atoms with E-state index in [-0.39, 0.29) is 5.91 Å². The van der Waals surface area contributed by atoms with E-state index in [1.807, 2.05) is 30.3 Å². The van der Waals surface area contributed by atoms with Gasteiger partial charge in [-0.25, -0.2) is 0 Å². The molecule has 0 N–H and O–H groups in total. The van der Waals surface area contributed by atoms with Crippen LogP contribution in [0.2, 0.25) is 0 Å². The van der Waals surface area contributed by atoms with Crippen molar-refractivity contribution in [3.05, 3.63) is 35.9 Å². The summed E-state index contributed by atoms with van der Waals surface area (Å²) in [6.45, 7) is 0.985. The van der Waals surface area contributed by atoms with Crippen molar-refractivity contribution in [2.24, 2.45) is 5.92 Å². The molecule has 19 heavy (non-hydrogen) atoms. The highest BCUT2D eigenvalue weighted by atomic mass is 16.2. The standard InChI is InChI=1S/C17H23NO/c19-17(15-9-5-2-6-10-15)18(16-11-12-16)13-14-7-3-1-4-8-14/h2,5-6,9-10,14,16H,1,3-4,7-8,11-13H2. The van der Waals surface area contributed by atoms with E-state index in [0.717, 1.165) is 18.0 Å². The summed E-state index contributed by atoms with van der Waals surface area (Å²) in [7, 11) is 0. The van der Waals surface area contributed by atoms with Crippen LogP contribution in [0, 0.1) is 5.92 Å². The molecular weight excluding hydrogens is 234 g/mol.